The molecule has 2 rings (SSSR count). The van der Waals surface area contributed by atoms with Gasteiger partial charge in [-0.3, -0.25) is 4.68 Å². The number of rotatable bonds is 5. The number of hydrogen-bond donors (Lipinski definition) is 2. The van der Waals surface area contributed by atoms with Crippen LogP contribution in [0.4, 0.5) is 5.69 Å². The monoisotopic (exact) mass is 358 g/mol. The van der Waals surface area contributed by atoms with E-state index in [1.54, 1.807) is 23.0 Å². The van der Waals surface area contributed by atoms with Crippen LogP contribution in [0.3, 0.4) is 0 Å². The maximum Gasteiger partial charge on any atom is 0.241 e. The first-order valence-electron chi connectivity index (χ1n) is 5.91. The first-order valence-corrected chi connectivity index (χ1v) is 8.18. The Hall–Kier alpha value is -1.38. The summed E-state index contributed by atoms with van der Waals surface area (Å²) >= 11 is 3.21. The molecule has 0 aliphatic carbocycles. The Morgan fingerprint density at radius 1 is 1.45 bits per heavy atom. The van der Waals surface area contributed by atoms with Crippen molar-refractivity contribution in [3.63, 3.8) is 0 Å². The molecular formula is C12H15BrN4O2S. The van der Waals surface area contributed by atoms with E-state index in [9.17, 15) is 8.42 Å². The van der Waals surface area contributed by atoms with Gasteiger partial charge in [0.1, 0.15) is 0 Å². The van der Waals surface area contributed by atoms with Crippen LogP contribution in [0.25, 0.3) is 0 Å². The van der Waals surface area contributed by atoms with Gasteiger partial charge in [0.2, 0.25) is 10.0 Å². The summed E-state index contributed by atoms with van der Waals surface area (Å²) in [5, 5.41) is 4.03. The summed E-state index contributed by atoms with van der Waals surface area (Å²) in [7, 11) is -1.73. The Bertz CT molecular complexity index is 712. The van der Waals surface area contributed by atoms with Crippen LogP contribution in [-0.2, 0) is 23.5 Å². The van der Waals surface area contributed by atoms with Crippen LogP contribution in [0.5, 0.6) is 0 Å². The number of nitrogens with zero attached hydrogens (tertiary/aromatic N) is 2. The number of nitrogens with one attached hydrogen (secondary N) is 1. The van der Waals surface area contributed by atoms with Gasteiger partial charge >= 0.3 is 0 Å². The number of halogens is 1. The lowest BCUT2D eigenvalue weighted by Crippen LogP contribution is -2.26. The Labute approximate surface area is 126 Å². The fourth-order valence-electron chi connectivity index (χ4n) is 1.74. The minimum absolute atomic E-state index is 0.179. The van der Waals surface area contributed by atoms with E-state index >= 15 is 0 Å². The Kier molecular flexibility index (Phi) is 4.46. The number of benzene rings is 1. The quantitative estimate of drug-likeness (QED) is 0.787. The third-order valence-corrected chi connectivity index (χ3v) is 5.15. The second-order valence-electron chi connectivity index (χ2n) is 4.36. The number of nitrogens with two attached hydrogens (primary N) is 1. The van der Waals surface area contributed by atoms with Crippen LogP contribution in [0, 0.1) is 0 Å². The number of sulfonamides is 1. The summed E-state index contributed by atoms with van der Waals surface area (Å²) in [4.78, 5) is 0.179. The van der Waals surface area contributed by atoms with Gasteiger partial charge in [0.25, 0.3) is 0 Å². The molecule has 0 saturated heterocycles. The predicted octanol–water partition coefficient (Wildman–Crippen LogP) is 1.29. The molecule has 1 aromatic carbocycles. The zero-order valence-corrected chi connectivity index (χ0v) is 13.3. The second kappa shape index (κ2) is 5.94. The molecule has 0 bridgehead atoms. The maximum absolute atomic E-state index is 12.2. The molecule has 108 valence electrons. The van der Waals surface area contributed by atoms with Crippen molar-refractivity contribution in [1.82, 2.24) is 14.5 Å². The highest BCUT2D eigenvalue weighted by molar-refractivity contribution is 9.10. The molecule has 0 spiro atoms. The highest BCUT2D eigenvalue weighted by atomic mass is 79.9. The predicted molar refractivity (Wildman–Crippen MR) is 80.7 cm³/mol. The van der Waals surface area contributed by atoms with Crippen molar-refractivity contribution in [1.29, 1.82) is 0 Å². The number of aryl methyl sites for hydroxylation is 1. The largest absolute Gasteiger partial charge is 0.399 e. The number of hydrogen-bond acceptors (Lipinski definition) is 4. The minimum Gasteiger partial charge on any atom is -0.399 e. The van der Waals surface area contributed by atoms with Gasteiger partial charge in [0, 0.05) is 29.9 Å². The lowest BCUT2D eigenvalue weighted by molar-refractivity contribution is 0.581. The van der Waals surface area contributed by atoms with Gasteiger partial charge in [0.05, 0.1) is 11.1 Å². The average Bonchev–Trinajstić information content (AvgIpc) is 2.74. The second-order valence-corrected chi connectivity index (χ2v) is 6.95. The molecule has 0 aliphatic heterocycles. The molecule has 8 heteroatoms. The molecule has 3 N–H and O–H groups in total. The lowest BCUT2D eigenvalue weighted by atomic mass is 10.3. The first-order chi connectivity index (χ1) is 9.38. The first kappa shape index (κ1) is 15.0. The normalized spacial score (nSPS) is 11.7. The molecule has 0 radical (unpaired) electrons. The van der Waals surface area contributed by atoms with Gasteiger partial charge in [-0.2, -0.15) is 5.10 Å². The molecule has 6 nitrogen and oxygen atoms in total. The van der Waals surface area contributed by atoms with Crippen LogP contribution in [0.15, 0.2) is 40.0 Å². The van der Waals surface area contributed by atoms with Crippen LogP contribution in [0.2, 0.25) is 0 Å². The summed E-state index contributed by atoms with van der Waals surface area (Å²) in [6.45, 7) is 0.310. The van der Waals surface area contributed by atoms with Crippen molar-refractivity contribution in [3.8, 4) is 0 Å². The fourth-order valence-corrected chi connectivity index (χ4v) is 3.87. The van der Waals surface area contributed by atoms with Crippen LogP contribution >= 0.6 is 15.9 Å². The molecule has 0 unspecified atom stereocenters. The molecule has 2 aromatic rings. The van der Waals surface area contributed by atoms with Gasteiger partial charge in [-0.1, -0.05) is 0 Å². The van der Waals surface area contributed by atoms with Crippen LogP contribution in [-0.4, -0.2) is 24.7 Å². The Balaban J connectivity index is 2.04. The zero-order valence-electron chi connectivity index (χ0n) is 10.9. The van der Waals surface area contributed by atoms with E-state index in [0.717, 1.165) is 5.56 Å². The summed E-state index contributed by atoms with van der Waals surface area (Å²) in [5.41, 5.74) is 7.08. The average molecular weight is 359 g/mol. The van der Waals surface area contributed by atoms with Crippen molar-refractivity contribution in [2.24, 2.45) is 7.05 Å². The van der Waals surface area contributed by atoms with E-state index in [1.807, 2.05) is 13.2 Å². The zero-order chi connectivity index (χ0) is 14.8. The summed E-state index contributed by atoms with van der Waals surface area (Å²) in [5.74, 6) is 0. The summed E-state index contributed by atoms with van der Waals surface area (Å²) in [6, 6.07) is 4.60. The van der Waals surface area contributed by atoms with Crippen molar-refractivity contribution in [2.45, 2.75) is 11.3 Å². The van der Waals surface area contributed by atoms with Crippen LogP contribution in [0.1, 0.15) is 5.56 Å². The van der Waals surface area contributed by atoms with E-state index < -0.39 is 10.0 Å². The maximum atomic E-state index is 12.2. The van der Waals surface area contributed by atoms with Gasteiger partial charge in [0.15, 0.2) is 0 Å². The summed E-state index contributed by atoms with van der Waals surface area (Å²) < 4.78 is 29.0. The SMILES string of the molecule is Cn1cc(CCNS(=O)(=O)c2ccc(N)cc2Br)cn1. The van der Waals surface area contributed by atoms with Crippen molar-refractivity contribution < 1.29 is 8.42 Å². The molecule has 20 heavy (non-hydrogen) atoms. The van der Waals surface area contributed by atoms with E-state index in [0.29, 0.717) is 23.1 Å². The van der Waals surface area contributed by atoms with Gasteiger partial charge < -0.3 is 5.73 Å². The van der Waals surface area contributed by atoms with Crippen molar-refractivity contribution in [2.75, 3.05) is 12.3 Å². The number of aromatic nitrogens is 2. The molecule has 0 atom stereocenters. The minimum atomic E-state index is -3.55. The van der Waals surface area contributed by atoms with E-state index in [4.69, 9.17) is 5.73 Å². The lowest BCUT2D eigenvalue weighted by Gasteiger charge is -2.08. The van der Waals surface area contributed by atoms with Gasteiger partial charge in [-0.15, -0.1) is 0 Å². The molecular weight excluding hydrogens is 344 g/mol. The van der Waals surface area contributed by atoms with Crippen molar-refractivity contribution in [3.05, 3.63) is 40.6 Å². The molecule has 0 amide bonds. The summed E-state index contributed by atoms with van der Waals surface area (Å²) in [6.07, 6.45) is 4.15. The molecule has 0 saturated carbocycles. The topological polar surface area (TPSA) is 90.0 Å². The smallest absolute Gasteiger partial charge is 0.241 e. The third-order valence-electron chi connectivity index (χ3n) is 2.71. The molecule has 1 heterocycles. The van der Waals surface area contributed by atoms with E-state index in [-0.39, 0.29) is 4.90 Å². The van der Waals surface area contributed by atoms with Crippen molar-refractivity contribution >= 4 is 31.6 Å². The fraction of sp³-hybridized carbons (Fsp3) is 0.250. The number of anilines is 1. The van der Waals surface area contributed by atoms with Gasteiger partial charge in [-0.25, -0.2) is 13.1 Å². The highest BCUT2D eigenvalue weighted by Gasteiger charge is 2.17. The molecule has 0 aliphatic rings. The van der Waals surface area contributed by atoms with Gasteiger partial charge in [-0.05, 0) is 46.1 Å². The Morgan fingerprint density at radius 3 is 2.80 bits per heavy atom. The highest BCUT2D eigenvalue weighted by Crippen LogP contribution is 2.23. The number of nitrogen functional groups attached to an aromatic ring is 1. The van der Waals surface area contributed by atoms with E-state index in [2.05, 4.69) is 25.8 Å². The van der Waals surface area contributed by atoms with Crippen LogP contribution < -0.4 is 10.5 Å². The molecule has 0 fully saturated rings. The van der Waals surface area contributed by atoms with E-state index in [1.165, 1.54) is 6.07 Å². The third kappa shape index (κ3) is 3.59. The Morgan fingerprint density at radius 2 is 2.20 bits per heavy atom. The standard InChI is InChI=1S/C12H15BrN4O2S/c1-17-8-9(7-15-17)4-5-16-20(18,19)12-3-2-10(14)6-11(12)13/h2-3,6-8,16H,4-5,14H2,1H3. The molecule has 1 aromatic heterocycles.